The fourth-order valence-electron chi connectivity index (χ4n) is 3.32. The first-order chi connectivity index (χ1) is 12.2. The van der Waals surface area contributed by atoms with E-state index in [1.807, 2.05) is 24.3 Å². The third-order valence-corrected chi connectivity index (χ3v) is 4.87. The van der Waals surface area contributed by atoms with Gasteiger partial charge in [0.2, 0.25) is 0 Å². The van der Waals surface area contributed by atoms with Crippen LogP contribution in [0, 0.1) is 0 Å². The second kappa shape index (κ2) is 10.4. The lowest BCUT2D eigenvalue weighted by molar-refractivity contribution is 0.141. The van der Waals surface area contributed by atoms with Gasteiger partial charge in [-0.1, -0.05) is 57.0 Å². The Labute approximate surface area is 152 Å². The van der Waals surface area contributed by atoms with E-state index in [1.165, 1.54) is 25.7 Å². The van der Waals surface area contributed by atoms with E-state index < -0.39 is 6.10 Å². The molecule has 0 aliphatic heterocycles. The van der Waals surface area contributed by atoms with Gasteiger partial charge in [0.15, 0.2) is 0 Å². The van der Waals surface area contributed by atoms with Crippen LogP contribution in [0.2, 0.25) is 0 Å². The van der Waals surface area contributed by atoms with Gasteiger partial charge in [-0.15, -0.1) is 0 Å². The average molecular weight is 344 g/mol. The molecule has 0 heterocycles. The van der Waals surface area contributed by atoms with Crippen molar-refractivity contribution in [3.63, 3.8) is 0 Å². The Hall–Kier alpha value is -1.58. The summed E-state index contributed by atoms with van der Waals surface area (Å²) in [5.74, 6) is 0.860. The fourth-order valence-corrected chi connectivity index (χ4v) is 3.32. The molecule has 25 heavy (non-hydrogen) atoms. The van der Waals surface area contributed by atoms with Crippen molar-refractivity contribution in [2.24, 2.45) is 0 Å². The predicted octanol–water partition coefficient (Wildman–Crippen LogP) is 5.17. The summed E-state index contributed by atoms with van der Waals surface area (Å²) in [7, 11) is 1.69. The van der Waals surface area contributed by atoms with Gasteiger partial charge in [0.05, 0.1) is 13.2 Å². The molecule has 0 amide bonds. The van der Waals surface area contributed by atoms with Gasteiger partial charge in [0.1, 0.15) is 5.75 Å². The number of benzene rings is 2. The van der Waals surface area contributed by atoms with Gasteiger partial charge in [0, 0.05) is 11.9 Å². The molecule has 0 saturated carbocycles. The lowest BCUT2D eigenvalue weighted by Gasteiger charge is -2.24. The van der Waals surface area contributed by atoms with E-state index in [2.05, 4.69) is 30.9 Å². The SMILES string of the molecule is CCCCN(CCCC)CC[C@H](O)c1ccc(OC)c2ccccc12. The number of unbranched alkanes of at least 4 members (excludes halogenated alkanes) is 2. The first-order valence-corrected chi connectivity index (χ1v) is 9.67. The van der Waals surface area contributed by atoms with Crippen molar-refractivity contribution in [3.8, 4) is 5.75 Å². The van der Waals surface area contributed by atoms with E-state index in [1.54, 1.807) is 7.11 Å². The number of nitrogens with zero attached hydrogens (tertiary/aromatic N) is 1. The van der Waals surface area contributed by atoms with Crippen molar-refractivity contribution in [1.29, 1.82) is 0 Å². The van der Waals surface area contributed by atoms with Crippen molar-refractivity contribution in [2.45, 2.75) is 52.1 Å². The van der Waals surface area contributed by atoms with E-state index in [9.17, 15) is 5.11 Å². The predicted molar refractivity (Wildman–Crippen MR) is 106 cm³/mol. The van der Waals surface area contributed by atoms with Gasteiger partial charge >= 0.3 is 0 Å². The van der Waals surface area contributed by atoms with Crippen LogP contribution in [0.25, 0.3) is 10.8 Å². The van der Waals surface area contributed by atoms with E-state index in [-0.39, 0.29) is 0 Å². The summed E-state index contributed by atoms with van der Waals surface area (Å²) in [5.41, 5.74) is 1.00. The standard InChI is InChI=1S/C22H33NO2/c1-4-6-15-23(16-7-5-2)17-14-21(24)19-12-13-22(25-3)20-11-9-8-10-18(19)20/h8-13,21,24H,4-7,14-17H2,1-3H3/t21-/m0/s1. The summed E-state index contributed by atoms with van der Waals surface area (Å²) in [5, 5.41) is 13.0. The fraction of sp³-hybridized carbons (Fsp3) is 0.545. The molecular weight excluding hydrogens is 310 g/mol. The Morgan fingerprint density at radius 2 is 1.56 bits per heavy atom. The number of fused-ring (bicyclic) bond motifs is 1. The highest BCUT2D eigenvalue weighted by atomic mass is 16.5. The number of hydrogen-bond donors (Lipinski definition) is 1. The molecule has 1 atom stereocenters. The number of rotatable bonds is 11. The monoisotopic (exact) mass is 343 g/mol. The molecule has 0 saturated heterocycles. The number of aliphatic hydroxyl groups excluding tert-OH is 1. The zero-order valence-corrected chi connectivity index (χ0v) is 16.0. The van der Waals surface area contributed by atoms with E-state index in [0.29, 0.717) is 0 Å². The topological polar surface area (TPSA) is 32.7 Å². The van der Waals surface area contributed by atoms with Crippen LogP contribution in [-0.2, 0) is 0 Å². The third-order valence-electron chi connectivity index (χ3n) is 4.87. The molecular formula is C22H33NO2. The van der Waals surface area contributed by atoms with Crippen molar-refractivity contribution in [3.05, 3.63) is 42.0 Å². The molecule has 2 aromatic carbocycles. The highest BCUT2D eigenvalue weighted by Gasteiger charge is 2.15. The molecule has 0 fully saturated rings. The molecule has 0 spiro atoms. The lowest BCUT2D eigenvalue weighted by atomic mass is 9.98. The maximum atomic E-state index is 10.8. The number of methoxy groups -OCH3 is 1. The highest BCUT2D eigenvalue weighted by Crippen LogP contribution is 2.32. The Morgan fingerprint density at radius 3 is 2.16 bits per heavy atom. The first kappa shape index (κ1) is 19.7. The summed E-state index contributed by atoms with van der Waals surface area (Å²) in [6.45, 7) is 7.67. The van der Waals surface area contributed by atoms with Crippen LogP contribution in [0.4, 0.5) is 0 Å². The van der Waals surface area contributed by atoms with E-state index >= 15 is 0 Å². The zero-order chi connectivity index (χ0) is 18.1. The molecule has 0 bridgehead atoms. The summed E-state index contributed by atoms with van der Waals surface area (Å²) in [6.07, 6.45) is 5.21. The molecule has 0 radical (unpaired) electrons. The summed E-state index contributed by atoms with van der Waals surface area (Å²) >= 11 is 0. The Bertz CT molecular complexity index is 633. The molecule has 0 aliphatic carbocycles. The van der Waals surface area contributed by atoms with Crippen LogP contribution >= 0.6 is 0 Å². The van der Waals surface area contributed by atoms with Gasteiger partial charge in [-0.3, -0.25) is 0 Å². The quantitative estimate of drug-likeness (QED) is 0.610. The largest absolute Gasteiger partial charge is 0.496 e. The normalized spacial score (nSPS) is 12.7. The summed E-state index contributed by atoms with van der Waals surface area (Å²) in [4.78, 5) is 2.50. The van der Waals surface area contributed by atoms with Crippen LogP contribution in [0.1, 0.15) is 57.6 Å². The van der Waals surface area contributed by atoms with Gasteiger partial charge in [-0.05, 0) is 49.4 Å². The van der Waals surface area contributed by atoms with Crippen molar-refractivity contribution >= 4 is 10.8 Å². The molecule has 138 valence electrons. The smallest absolute Gasteiger partial charge is 0.126 e. The van der Waals surface area contributed by atoms with Gasteiger partial charge in [-0.2, -0.15) is 0 Å². The molecule has 3 nitrogen and oxygen atoms in total. The Kier molecular flexibility index (Phi) is 8.23. The van der Waals surface area contributed by atoms with Crippen LogP contribution in [0.5, 0.6) is 5.75 Å². The second-order valence-corrected chi connectivity index (χ2v) is 6.76. The summed E-state index contributed by atoms with van der Waals surface area (Å²) < 4.78 is 5.46. The second-order valence-electron chi connectivity index (χ2n) is 6.76. The van der Waals surface area contributed by atoms with E-state index in [0.717, 1.165) is 48.1 Å². The van der Waals surface area contributed by atoms with Crippen molar-refractivity contribution in [1.82, 2.24) is 4.90 Å². The van der Waals surface area contributed by atoms with Gasteiger partial charge < -0.3 is 14.7 Å². The maximum absolute atomic E-state index is 10.8. The highest BCUT2D eigenvalue weighted by molar-refractivity contribution is 5.91. The van der Waals surface area contributed by atoms with Crippen LogP contribution in [-0.4, -0.2) is 36.8 Å². The molecule has 0 aromatic heterocycles. The zero-order valence-electron chi connectivity index (χ0n) is 16.0. The van der Waals surface area contributed by atoms with Crippen LogP contribution < -0.4 is 4.74 Å². The third kappa shape index (κ3) is 5.45. The minimum atomic E-state index is -0.443. The first-order valence-electron chi connectivity index (χ1n) is 9.67. The average Bonchev–Trinajstić information content (AvgIpc) is 2.66. The van der Waals surface area contributed by atoms with E-state index in [4.69, 9.17) is 4.74 Å². The molecule has 3 heteroatoms. The molecule has 2 aromatic rings. The maximum Gasteiger partial charge on any atom is 0.126 e. The lowest BCUT2D eigenvalue weighted by Crippen LogP contribution is -2.28. The van der Waals surface area contributed by atoms with Crippen molar-refractivity contribution in [2.75, 3.05) is 26.7 Å². The Morgan fingerprint density at radius 1 is 0.920 bits per heavy atom. The van der Waals surface area contributed by atoms with Crippen molar-refractivity contribution < 1.29 is 9.84 Å². The minimum Gasteiger partial charge on any atom is -0.496 e. The van der Waals surface area contributed by atoms with Crippen LogP contribution in [0.15, 0.2) is 36.4 Å². The molecule has 0 aliphatic rings. The van der Waals surface area contributed by atoms with Gasteiger partial charge in [-0.25, -0.2) is 0 Å². The minimum absolute atomic E-state index is 0.443. The van der Waals surface area contributed by atoms with Gasteiger partial charge in [0.25, 0.3) is 0 Å². The summed E-state index contributed by atoms with van der Waals surface area (Å²) in [6, 6.07) is 12.1. The number of aliphatic hydroxyl groups is 1. The Balaban J connectivity index is 2.09. The molecule has 0 unspecified atom stereocenters. The molecule has 2 rings (SSSR count). The number of hydrogen-bond acceptors (Lipinski definition) is 3. The molecule has 1 N–H and O–H groups in total. The number of ether oxygens (including phenoxy) is 1. The van der Waals surface area contributed by atoms with Crippen LogP contribution in [0.3, 0.4) is 0 Å².